The molecule has 0 aliphatic heterocycles. The van der Waals surface area contributed by atoms with Crippen LogP contribution in [0.3, 0.4) is 0 Å². The Hall–Kier alpha value is -2.83. The highest BCUT2D eigenvalue weighted by Gasteiger charge is 2.15. The van der Waals surface area contributed by atoms with Gasteiger partial charge in [0, 0.05) is 22.0 Å². The maximum absolute atomic E-state index is 12.6. The van der Waals surface area contributed by atoms with E-state index in [0.29, 0.717) is 5.11 Å². The summed E-state index contributed by atoms with van der Waals surface area (Å²) in [6.45, 7) is 6.00. The van der Waals surface area contributed by atoms with Crippen LogP contribution in [0.1, 0.15) is 18.1 Å². The number of thioether (sulfide) groups is 1. The van der Waals surface area contributed by atoms with Gasteiger partial charge in [-0.05, 0) is 86.6 Å². The van der Waals surface area contributed by atoms with Crippen molar-refractivity contribution in [1.82, 2.24) is 0 Å². The summed E-state index contributed by atoms with van der Waals surface area (Å²) in [5, 5.41) is 9.62. The van der Waals surface area contributed by atoms with Crippen LogP contribution in [0.5, 0.6) is 0 Å². The number of nitrogens with one attached hydrogen (secondary N) is 3. The number of aryl methyl sites for hydroxylation is 2. The molecule has 0 fully saturated rings. The maximum Gasteiger partial charge on any atom is 0.237 e. The van der Waals surface area contributed by atoms with E-state index < -0.39 is 0 Å². The third-order valence-corrected chi connectivity index (χ3v) is 5.88. The number of anilines is 3. The fourth-order valence-corrected chi connectivity index (χ4v) is 3.94. The molecule has 1 unspecified atom stereocenters. The third-order valence-electron chi connectivity index (χ3n) is 4.58. The highest BCUT2D eigenvalue weighted by Crippen LogP contribution is 2.27. The minimum Gasteiger partial charge on any atom is -0.332 e. The molecule has 0 spiro atoms. The largest absolute Gasteiger partial charge is 0.332 e. The van der Waals surface area contributed by atoms with Crippen molar-refractivity contribution in [2.75, 3.05) is 16.0 Å². The van der Waals surface area contributed by atoms with Crippen LogP contribution in [-0.4, -0.2) is 16.3 Å². The van der Waals surface area contributed by atoms with E-state index in [1.807, 2.05) is 86.6 Å². The molecule has 1 amide bonds. The minimum absolute atomic E-state index is 0.0251. The van der Waals surface area contributed by atoms with E-state index in [-0.39, 0.29) is 11.2 Å². The second-order valence-electron chi connectivity index (χ2n) is 7.02. The predicted molar refractivity (Wildman–Crippen MR) is 133 cm³/mol. The number of hydrogen-bond donors (Lipinski definition) is 3. The number of thiocarbonyl (C=S) groups is 1. The summed E-state index contributed by atoms with van der Waals surface area (Å²) in [7, 11) is 0. The first-order chi connectivity index (χ1) is 14.4. The van der Waals surface area contributed by atoms with Gasteiger partial charge in [-0.1, -0.05) is 30.3 Å². The Balaban J connectivity index is 1.57. The molecule has 4 nitrogen and oxygen atoms in total. The van der Waals surface area contributed by atoms with Crippen LogP contribution in [0, 0.1) is 13.8 Å². The van der Waals surface area contributed by atoms with Crippen LogP contribution in [0.4, 0.5) is 17.1 Å². The molecule has 0 aliphatic carbocycles. The molecule has 30 heavy (non-hydrogen) atoms. The summed E-state index contributed by atoms with van der Waals surface area (Å²) in [5.74, 6) is -0.0251. The fraction of sp³-hybridized carbons (Fsp3) is 0.167. The molecule has 6 heteroatoms. The van der Waals surface area contributed by atoms with Crippen molar-refractivity contribution in [2.24, 2.45) is 0 Å². The highest BCUT2D eigenvalue weighted by molar-refractivity contribution is 8.00. The van der Waals surface area contributed by atoms with Gasteiger partial charge in [-0.15, -0.1) is 11.8 Å². The average Bonchev–Trinajstić information content (AvgIpc) is 2.71. The Morgan fingerprint density at radius 3 is 2.20 bits per heavy atom. The summed E-state index contributed by atoms with van der Waals surface area (Å²) in [6, 6.07) is 23.6. The smallest absolute Gasteiger partial charge is 0.237 e. The van der Waals surface area contributed by atoms with Crippen molar-refractivity contribution in [3.63, 3.8) is 0 Å². The minimum atomic E-state index is -0.240. The van der Waals surface area contributed by atoms with Gasteiger partial charge in [0.25, 0.3) is 0 Å². The number of para-hydroxylation sites is 1. The third kappa shape index (κ3) is 6.34. The molecule has 0 heterocycles. The highest BCUT2D eigenvalue weighted by atomic mass is 32.2. The summed E-state index contributed by atoms with van der Waals surface area (Å²) >= 11 is 6.90. The van der Waals surface area contributed by atoms with Crippen molar-refractivity contribution < 1.29 is 4.79 Å². The predicted octanol–water partition coefficient (Wildman–Crippen LogP) is 6.23. The van der Waals surface area contributed by atoms with Gasteiger partial charge in [-0.3, -0.25) is 4.79 Å². The Labute approximate surface area is 187 Å². The zero-order valence-electron chi connectivity index (χ0n) is 17.2. The van der Waals surface area contributed by atoms with E-state index in [9.17, 15) is 4.79 Å². The first kappa shape index (κ1) is 21.9. The van der Waals surface area contributed by atoms with Gasteiger partial charge in [0.1, 0.15) is 0 Å². The van der Waals surface area contributed by atoms with Crippen LogP contribution in [0.25, 0.3) is 0 Å². The van der Waals surface area contributed by atoms with Gasteiger partial charge in [0.2, 0.25) is 5.91 Å². The number of carbonyl (C=O) groups is 1. The first-order valence-corrected chi connectivity index (χ1v) is 11.0. The second-order valence-corrected chi connectivity index (χ2v) is 8.84. The number of rotatable bonds is 6. The van der Waals surface area contributed by atoms with Crippen LogP contribution in [-0.2, 0) is 4.79 Å². The number of carbonyl (C=O) groups excluding carboxylic acids is 1. The van der Waals surface area contributed by atoms with Gasteiger partial charge in [-0.25, -0.2) is 0 Å². The number of hydrogen-bond acceptors (Lipinski definition) is 3. The Morgan fingerprint density at radius 2 is 1.47 bits per heavy atom. The molecule has 3 aromatic carbocycles. The Bertz CT molecular complexity index is 1040. The molecule has 3 N–H and O–H groups in total. The molecule has 0 saturated heterocycles. The lowest BCUT2D eigenvalue weighted by Crippen LogP contribution is -2.22. The van der Waals surface area contributed by atoms with Crippen molar-refractivity contribution >= 4 is 52.1 Å². The summed E-state index contributed by atoms with van der Waals surface area (Å²) in [4.78, 5) is 13.6. The Kier molecular flexibility index (Phi) is 7.49. The van der Waals surface area contributed by atoms with Crippen molar-refractivity contribution in [2.45, 2.75) is 30.9 Å². The van der Waals surface area contributed by atoms with E-state index in [0.717, 1.165) is 27.5 Å². The number of benzene rings is 3. The molecular weight excluding hydrogens is 410 g/mol. The molecule has 1 atom stereocenters. The van der Waals surface area contributed by atoms with Gasteiger partial charge in [0.05, 0.1) is 5.25 Å². The van der Waals surface area contributed by atoms with Gasteiger partial charge in [0.15, 0.2) is 5.11 Å². The summed E-state index contributed by atoms with van der Waals surface area (Å²) in [5.41, 5.74) is 4.99. The SMILES string of the molecule is Cc1ccc(NC(=O)C(C)Sc2cccc(NC(=S)Nc3ccccc3)c2)cc1C. The molecule has 3 aromatic rings. The quantitative estimate of drug-likeness (QED) is 0.316. The van der Waals surface area contributed by atoms with Crippen LogP contribution in [0.15, 0.2) is 77.7 Å². The van der Waals surface area contributed by atoms with Crippen molar-refractivity contribution in [3.05, 3.63) is 83.9 Å². The molecular formula is C24H25N3OS2. The van der Waals surface area contributed by atoms with E-state index in [1.54, 1.807) is 0 Å². The molecule has 0 bridgehead atoms. The first-order valence-electron chi connectivity index (χ1n) is 9.68. The zero-order valence-corrected chi connectivity index (χ0v) is 18.9. The van der Waals surface area contributed by atoms with Crippen LogP contribution >= 0.6 is 24.0 Å². The average molecular weight is 436 g/mol. The zero-order chi connectivity index (χ0) is 21.5. The summed E-state index contributed by atoms with van der Waals surface area (Å²) < 4.78 is 0. The standard InChI is InChI=1S/C24H25N3OS2/c1-16-12-13-21(14-17(16)2)25-23(28)18(3)30-22-11-7-10-20(15-22)27-24(29)26-19-8-5-4-6-9-19/h4-15,18H,1-3H3,(H,25,28)(H2,26,27,29). The van der Waals surface area contributed by atoms with Gasteiger partial charge >= 0.3 is 0 Å². The van der Waals surface area contributed by atoms with E-state index in [2.05, 4.69) is 22.9 Å². The molecule has 0 radical (unpaired) electrons. The van der Waals surface area contributed by atoms with Gasteiger partial charge in [-0.2, -0.15) is 0 Å². The summed E-state index contributed by atoms with van der Waals surface area (Å²) in [6.07, 6.45) is 0. The molecule has 0 saturated carbocycles. The second kappa shape index (κ2) is 10.3. The van der Waals surface area contributed by atoms with E-state index in [1.165, 1.54) is 17.3 Å². The molecule has 0 aromatic heterocycles. The topological polar surface area (TPSA) is 53.2 Å². The number of amides is 1. The lowest BCUT2D eigenvalue weighted by Gasteiger charge is -2.14. The Morgan fingerprint density at radius 1 is 0.800 bits per heavy atom. The van der Waals surface area contributed by atoms with Crippen LogP contribution in [0.2, 0.25) is 0 Å². The van der Waals surface area contributed by atoms with Crippen molar-refractivity contribution in [3.8, 4) is 0 Å². The van der Waals surface area contributed by atoms with E-state index >= 15 is 0 Å². The van der Waals surface area contributed by atoms with Crippen molar-refractivity contribution in [1.29, 1.82) is 0 Å². The normalized spacial score (nSPS) is 11.4. The van der Waals surface area contributed by atoms with E-state index in [4.69, 9.17) is 12.2 Å². The van der Waals surface area contributed by atoms with Gasteiger partial charge < -0.3 is 16.0 Å². The fourth-order valence-electron chi connectivity index (χ4n) is 2.78. The maximum atomic E-state index is 12.6. The molecule has 0 aliphatic rings. The lowest BCUT2D eigenvalue weighted by molar-refractivity contribution is -0.115. The molecule has 3 rings (SSSR count). The lowest BCUT2D eigenvalue weighted by atomic mass is 10.1. The monoisotopic (exact) mass is 435 g/mol. The van der Waals surface area contributed by atoms with Crippen LogP contribution < -0.4 is 16.0 Å². The molecule has 154 valence electrons.